The van der Waals surface area contributed by atoms with Crippen molar-refractivity contribution in [3.8, 4) is 0 Å². The molecule has 1 aromatic carbocycles. The monoisotopic (exact) mass is 329 g/mol. The van der Waals surface area contributed by atoms with Gasteiger partial charge in [-0.25, -0.2) is 0 Å². The first kappa shape index (κ1) is 16.7. The Morgan fingerprint density at radius 1 is 1.38 bits per heavy atom. The predicted molar refractivity (Wildman–Crippen MR) is 89.4 cm³/mol. The molecule has 1 aliphatic heterocycles. The molecule has 2 atom stereocenters. The van der Waals surface area contributed by atoms with Crippen molar-refractivity contribution in [2.75, 3.05) is 0 Å². The smallest absolute Gasteiger partial charge is 0.270 e. The van der Waals surface area contributed by atoms with Crippen molar-refractivity contribution in [2.24, 2.45) is 7.05 Å². The van der Waals surface area contributed by atoms with Gasteiger partial charge in [-0.1, -0.05) is 24.3 Å². The first-order valence-electron chi connectivity index (χ1n) is 8.18. The Bertz CT molecular complexity index is 754. The molecule has 0 unspecified atom stereocenters. The van der Waals surface area contributed by atoms with Crippen LogP contribution in [-0.2, 0) is 31.4 Å². The number of carbonyl (C=O) groups excluding carboxylic acids is 1. The van der Waals surface area contributed by atoms with Gasteiger partial charge in [-0.05, 0) is 25.0 Å². The molecule has 6 nitrogen and oxygen atoms in total. The van der Waals surface area contributed by atoms with Crippen molar-refractivity contribution in [3.63, 3.8) is 0 Å². The summed E-state index contributed by atoms with van der Waals surface area (Å²) in [6.45, 7) is 4.29. The largest absolute Gasteiger partial charge is 0.392 e. The molecule has 2 N–H and O–H groups in total. The van der Waals surface area contributed by atoms with Crippen molar-refractivity contribution in [1.82, 2.24) is 15.1 Å². The van der Waals surface area contributed by atoms with Gasteiger partial charge in [-0.15, -0.1) is 0 Å². The van der Waals surface area contributed by atoms with Crippen LogP contribution in [0.15, 0.2) is 24.3 Å². The van der Waals surface area contributed by atoms with Crippen LogP contribution in [0.3, 0.4) is 0 Å². The highest BCUT2D eigenvalue weighted by Crippen LogP contribution is 2.31. The third-order valence-electron chi connectivity index (χ3n) is 4.43. The molecule has 128 valence electrons. The van der Waals surface area contributed by atoms with E-state index in [1.165, 1.54) is 0 Å². The second kappa shape index (κ2) is 6.75. The average Bonchev–Trinajstić information content (AvgIpc) is 2.89. The summed E-state index contributed by atoms with van der Waals surface area (Å²) >= 11 is 0. The summed E-state index contributed by atoms with van der Waals surface area (Å²) in [7, 11) is 1.78. The van der Waals surface area contributed by atoms with Gasteiger partial charge in [0.15, 0.2) is 0 Å². The van der Waals surface area contributed by atoms with Gasteiger partial charge in [0.2, 0.25) is 0 Å². The van der Waals surface area contributed by atoms with E-state index in [-0.39, 0.29) is 24.7 Å². The first-order chi connectivity index (χ1) is 11.5. The highest BCUT2D eigenvalue weighted by Gasteiger charge is 2.31. The molecule has 2 heterocycles. The second-order valence-corrected chi connectivity index (χ2v) is 6.24. The lowest BCUT2D eigenvalue weighted by Crippen LogP contribution is -2.28. The van der Waals surface area contributed by atoms with Gasteiger partial charge in [-0.2, -0.15) is 5.10 Å². The highest BCUT2D eigenvalue weighted by atomic mass is 16.5. The molecule has 1 amide bonds. The molecule has 0 saturated heterocycles. The standard InChI is InChI=1S/C18H23N3O3/c1-11-8-15-16(12(2)24-11)20-21(3)17(15)18(23)19-9-13-6-4-5-7-14(13)10-22/h4-7,11-12,22H,8-10H2,1-3H3,(H,19,23)/t11-,12+/m1/s1. The summed E-state index contributed by atoms with van der Waals surface area (Å²) in [4.78, 5) is 12.7. The molecular weight excluding hydrogens is 306 g/mol. The quantitative estimate of drug-likeness (QED) is 0.898. The minimum absolute atomic E-state index is 0.0421. The fraction of sp³-hybridized carbons (Fsp3) is 0.444. The van der Waals surface area contributed by atoms with Crippen LogP contribution in [0.4, 0.5) is 0 Å². The number of nitrogens with one attached hydrogen (secondary N) is 1. The van der Waals surface area contributed by atoms with Crippen LogP contribution in [-0.4, -0.2) is 26.9 Å². The Balaban J connectivity index is 1.81. The molecular formula is C18H23N3O3. The third-order valence-corrected chi connectivity index (χ3v) is 4.43. The normalized spacial score (nSPS) is 19.8. The number of benzene rings is 1. The Morgan fingerprint density at radius 2 is 2.08 bits per heavy atom. The average molecular weight is 329 g/mol. The third kappa shape index (κ3) is 3.07. The lowest BCUT2D eigenvalue weighted by atomic mass is 9.99. The maximum absolute atomic E-state index is 12.7. The number of amides is 1. The van der Waals surface area contributed by atoms with Crippen LogP contribution < -0.4 is 5.32 Å². The number of aliphatic hydroxyl groups is 1. The maximum Gasteiger partial charge on any atom is 0.270 e. The van der Waals surface area contributed by atoms with Gasteiger partial charge >= 0.3 is 0 Å². The Labute approximate surface area is 141 Å². The summed E-state index contributed by atoms with van der Waals surface area (Å²) < 4.78 is 7.42. The van der Waals surface area contributed by atoms with Crippen LogP contribution in [0.2, 0.25) is 0 Å². The zero-order valence-corrected chi connectivity index (χ0v) is 14.2. The molecule has 0 saturated carbocycles. The highest BCUT2D eigenvalue weighted by molar-refractivity contribution is 5.94. The summed E-state index contributed by atoms with van der Waals surface area (Å²) in [5.74, 6) is -0.153. The summed E-state index contributed by atoms with van der Waals surface area (Å²) in [6, 6.07) is 7.53. The van der Waals surface area contributed by atoms with E-state index in [1.807, 2.05) is 38.1 Å². The van der Waals surface area contributed by atoms with E-state index in [4.69, 9.17) is 4.74 Å². The minimum atomic E-state index is -0.153. The van der Waals surface area contributed by atoms with E-state index in [9.17, 15) is 9.90 Å². The van der Waals surface area contributed by atoms with Crippen molar-refractivity contribution in [3.05, 3.63) is 52.3 Å². The van der Waals surface area contributed by atoms with E-state index in [2.05, 4.69) is 10.4 Å². The van der Waals surface area contributed by atoms with E-state index in [1.54, 1.807) is 11.7 Å². The van der Waals surface area contributed by atoms with Crippen molar-refractivity contribution >= 4 is 5.91 Å². The summed E-state index contributed by atoms with van der Waals surface area (Å²) in [5.41, 5.74) is 4.14. The molecule has 24 heavy (non-hydrogen) atoms. The molecule has 1 aliphatic rings. The molecule has 6 heteroatoms. The number of carbonyl (C=O) groups is 1. The zero-order valence-electron chi connectivity index (χ0n) is 14.2. The van der Waals surface area contributed by atoms with Crippen LogP contribution in [0, 0.1) is 0 Å². The number of nitrogens with zero attached hydrogens (tertiary/aromatic N) is 2. The Morgan fingerprint density at radius 3 is 2.79 bits per heavy atom. The molecule has 0 aliphatic carbocycles. The molecule has 0 spiro atoms. The van der Waals surface area contributed by atoms with Crippen molar-refractivity contribution in [2.45, 2.75) is 45.6 Å². The van der Waals surface area contributed by atoms with Gasteiger partial charge in [0, 0.05) is 25.6 Å². The van der Waals surface area contributed by atoms with E-state index < -0.39 is 0 Å². The van der Waals surface area contributed by atoms with Gasteiger partial charge in [-0.3, -0.25) is 9.48 Å². The predicted octanol–water partition coefficient (Wildman–Crippen LogP) is 1.86. The zero-order chi connectivity index (χ0) is 17.3. The lowest BCUT2D eigenvalue weighted by Gasteiger charge is -2.24. The van der Waals surface area contributed by atoms with Crippen LogP contribution in [0.1, 0.15) is 52.8 Å². The van der Waals surface area contributed by atoms with Gasteiger partial charge in [0.05, 0.1) is 24.5 Å². The fourth-order valence-electron chi connectivity index (χ4n) is 3.29. The number of rotatable bonds is 4. The number of ether oxygens (including phenoxy) is 1. The number of hydrogen-bond donors (Lipinski definition) is 2. The lowest BCUT2D eigenvalue weighted by molar-refractivity contribution is -0.00710. The molecule has 0 fully saturated rings. The minimum Gasteiger partial charge on any atom is -0.392 e. The number of hydrogen-bond acceptors (Lipinski definition) is 4. The molecule has 3 rings (SSSR count). The van der Waals surface area contributed by atoms with Crippen LogP contribution in [0.5, 0.6) is 0 Å². The first-order valence-corrected chi connectivity index (χ1v) is 8.18. The Kier molecular flexibility index (Phi) is 4.69. The molecule has 2 aromatic rings. The number of aliphatic hydroxyl groups excluding tert-OH is 1. The van der Waals surface area contributed by atoms with E-state index >= 15 is 0 Å². The van der Waals surface area contributed by atoms with Crippen molar-refractivity contribution in [1.29, 1.82) is 0 Å². The fourth-order valence-corrected chi connectivity index (χ4v) is 3.29. The topological polar surface area (TPSA) is 76.4 Å². The summed E-state index contributed by atoms with van der Waals surface area (Å²) in [6.07, 6.45) is 0.647. The van der Waals surface area contributed by atoms with Crippen LogP contribution >= 0.6 is 0 Å². The summed E-state index contributed by atoms with van der Waals surface area (Å²) in [5, 5.41) is 16.8. The van der Waals surface area contributed by atoms with E-state index in [0.717, 1.165) is 22.4 Å². The van der Waals surface area contributed by atoms with E-state index in [0.29, 0.717) is 18.7 Å². The Hall–Kier alpha value is -2.18. The SMILES string of the molecule is C[C@@H]1Cc2c(nn(C)c2C(=O)NCc2ccccc2CO)[C@H](C)O1. The molecule has 1 aromatic heterocycles. The van der Waals surface area contributed by atoms with Gasteiger partial charge in [0.25, 0.3) is 5.91 Å². The van der Waals surface area contributed by atoms with Gasteiger partial charge < -0.3 is 15.2 Å². The number of fused-ring (bicyclic) bond motifs is 1. The second-order valence-electron chi connectivity index (χ2n) is 6.24. The van der Waals surface area contributed by atoms with Gasteiger partial charge in [0.1, 0.15) is 5.69 Å². The van der Waals surface area contributed by atoms with Crippen molar-refractivity contribution < 1.29 is 14.6 Å². The molecule has 0 bridgehead atoms. The van der Waals surface area contributed by atoms with Crippen LogP contribution in [0.25, 0.3) is 0 Å². The molecule has 0 radical (unpaired) electrons. The number of aryl methyl sites for hydroxylation is 1. The maximum atomic E-state index is 12.7. The number of aromatic nitrogens is 2.